The number of aromatic amines is 2. The molecule has 0 unspecified atom stereocenters. The number of H-pyrrole nitrogens is 2. The van der Waals surface area contributed by atoms with Gasteiger partial charge in [-0.2, -0.15) is 4.98 Å². The van der Waals surface area contributed by atoms with Crippen LogP contribution in [0.4, 0.5) is 5.95 Å². The molecule has 7 nitrogen and oxygen atoms in total. The normalized spacial score (nSPS) is 10.5. The first-order valence-corrected chi connectivity index (χ1v) is 3.68. The molecule has 5 N–H and O–H groups in total. The lowest BCUT2D eigenvalue weighted by atomic mass is 10.5. The molecule has 7 heteroatoms. The van der Waals surface area contributed by atoms with Gasteiger partial charge >= 0.3 is 0 Å². The summed E-state index contributed by atoms with van der Waals surface area (Å²) in [6.45, 7) is 0.207. The van der Waals surface area contributed by atoms with Crippen molar-refractivity contribution in [2.24, 2.45) is 5.73 Å². The predicted octanol–water partition coefficient (Wildman–Crippen LogP) is -1.03. The highest BCUT2D eigenvalue weighted by atomic mass is 16.1. The standard InChI is InChI=1S/C6H8N6O/c7-1-8-6-11-4-3(5(13)12-6)9-2-10-4/h2H,1,7H2,(H3,8,9,10,11,12,13). The van der Waals surface area contributed by atoms with E-state index >= 15 is 0 Å². The topological polar surface area (TPSA) is 112 Å². The Morgan fingerprint density at radius 1 is 1.62 bits per heavy atom. The van der Waals surface area contributed by atoms with Crippen molar-refractivity contribution in [3.05, 3.63) is 16.7 Å². The van der Waals surface area contributed by atoms with Crippen LogP contribution < -0.4 is 16.6 Å². The fourth-order valence-electron chi connectivity index (χ4n) is 1.02. The van der Waals surface area contributed by atoms with Gasteiger partial charge in [0.1, 0.15) is 0 Å². The summed E-state index contributed by atoms with van der Waals surface area (Å²) in [4.78, 5) is 24.3. The van der Waals surface area contributed by atoms with Crippen molar-refractivity contribution >= 4 is 17.1 Å². The molecule has 0 fully saturated rings. The van der Waals surface area contributed by atoms with Gasteiger partial charge in [0.2, 0.25) is 5.95 Å². The maximum Gasteiger partial charge on any atom is 0.278 e. The molecule has 2 rings (SSSR count). The Kier molecular flexibility index (Phi) is 1.71. The maximum atomic E-state index is 11.3. The summed E-state index contributed by atoms with van der Waals surface area (Å²) in [6, 6.07) is 0. The lowest BCUT2D eigenvalue weighted by Gasteiger charge is -1.99. The van der Waals surface area contributed by atoms with E-state index in [4.69, 9.17) is 5.73 Å². The van der Waals surface area contributed by atoms with Crippen molar-refractivity contribution in [2.45, 2.75) is 0 Å². The molecule has 2 aromatic rings. The number of nitrogens with zero attached hydrogens (tertiary/aromatic N) is 2. The molecule has 0 spiro atoms. The van der Waals surface area contributed by atoms with Gasteiger partial charge in [0.05, 0.1) is 13.0 Å². The van der Waals surface area contributed by atoms with Gasteiger partial charge in [0.15, 0.2) is 11.2 Å². The van der Waals surface area contributed by atoms with Crippen molar-refractivity contribution < 1.29 is 0 Å². The van der Waals surface area contributed by atoms with Gasteiger partial charge in [0.25, 0.3) is 5.56 Å². The summed E-state index contributed by atoms with van der Waals surface area (Å²) >= 11 is 0. The van der Waals surface area contributed by atoms with Crippen LogP contribution in [0.5, 0.6) is 0 Å². The summed E-state index contributed by atoms with van der Waals surface area (Å²) in [5.41, 5.74) is 5.70. The molecule has 0 aliphatic rings. The molecule has 0 amide bonds. The van der Waals surface area contributed by atoms with Gasteiger partial charge < -0.3 is 16.0 Å². The van der Waals surface area contributed by atoms with E-state index in [1.807, 2.05) is 0 Å². The molecule has 0 radical (unpaired) electrons. The second-order valence-corrected chi connectivity index (χ2v) is 2.40. The van der Waals surface area contributed by atoms with E-state index in [2.05, 4.69) is 25.3 Å². The Balaban J connectivity index is 2.63. The van der Waals surface area contributed by atoms with Crippen LogP contribution >= 0.6 is 0 Å². The Morgan fingerprint density at radius 3 is 3.23 bits per heavy atom. The number of hydrogen-bond acceptors (Lipinski definition) is 5. The van der Waals surface area contributed by atoms with E-state index in [1.54, 1.807) is 0 Å². The fraction of sp³-hybridized carbons (Fsp3) is 0.167. The molecule has 2 heterocycles. The number of nitrogens with one attached hydrogen (secondary N) is 3. The van der Waals surface area contributed by atoms with E-state index in [9.17, 15) is 4.79 Å². The zero-order valence-electron chi connectivity index (χ0n) is 6.66. The van der Waals surface area contributed by atoms with Crippen LogP contribution in [0.25, 0.3) is 11.2 Å². The number of imidazole rings is 1. The van der Waals surface area contributed by atoms with Gasteiger partial charge in [0, 0.05) is 0 Å². The number of aromatic nitrogens is 4. The van der Waals surface area contributed by atoms with E-state index < -0.39 is 0 Å². The monoisotopic (exact) mass is 180 g/mol. The molecular weight excluding hydrogens is 172 g/mol. The van der Waals surface area contributed by atoms with E-state index in [0.717, 1.165) is 0 Å². The Bertz CT molecular complexity index is 471. The third kappa shape index (κ3) is 1.25. The molecule has 68 valence electrons. The van der Waals surface area contributed by atoms with Crippen molar-refractivity contribution in [1.29, 1.82) is 0 Å². The van der Waals surface area contributed by atoms with Gasteiger partial charge in [-0.3, -0.25) is 9.78 Å². The summed E-state index contributed by atoms with van der Waals surface area (Å²) in [7, 11) is 0. The second-order valence-electron chi connectivity index (χ2n) is 2.40. The maximum absolute atomic E-state index is 11.3. The molecule has 0 atom stereocenters. The molecular formula is C6H8N6O. The summed E-state index contributed by atoms with van der Waals surface area (Å²) in [5.74, 6) is 0.326. The molecule has 0 bridgehead atoms. The first kappa shape index (κ1) is 7.74. The highest BCUT2D eigenvalue weighted by Gasteiger charge is 2.03. The van der Waals surface area contributed by atoms with Crippen molar-refractivity contribution in [1.82, 2.24) is 19.9 Å². The summed E-state index contributed by atoms with van der Waals surface area (Å²) in [5, 5.41) is 2.69. The minimum absolute atomic E-state index is 0.207. The lowest BCUT2D eigenvalue weighted by molar-refractivity contribution is 1.05. The average Bonchev–Trinajstić information content (AvgIpc) is 2.53. The highest BCUT2D eigenvalue weighted by molar-refractivity contribution is 5.69. The van der Waals surface area contributed by atoms with Crippen LogP contribution in [0.3, 0.4) is 0 Å². The SMILES string of the molecule is NCNc1nc2nc[nH]c2c(=O)[nH]1. The van der Waals surface area contributed by atoms with Gasteiger partial charge in [-0.25, -0.2) is 4.98 Å². The fourth-order valence-corrected chi connectivity index (χ4v) is 1.02. The van der Waals surface area contributed by atoms with E-state index in [-0.39, 0.29) is 12.2 Å². The minimum Gasteiger partial charge on any atom is -0.343 e. The lowest BCUT2D eigenvalue weighted by Crippen LogP contribution is -2.17. The van der Waals surface area contributed by atoms with Crippen LogP contribution in [0.15, 0.2) is 11.1 Å². The van der Waals surface area contributed by atoms with Crippen molar-refractivity contribution in [3.63, 3.8) is 0 Å². The van der Waals surface area contributed by atoms with Crippen LogP contribution in [0, 0.1) is 0 Å². The van der Waals surface area contributed by atoms with E-state index in [1.165, 1.54) is 6.33 Å². The summed E-state index contributed by atoms with van der Waals surface area (Å²) < 4.78 is 0. The molecule has 13 heavy (non-hydrogen) atoms. The van der Waals surface area contributed by atoms with Crippen LogP contribution in [0.1, 0.15) is 0 Å². The van der Waals surface area contributed by atoms with Gasteiger partial charge in [-0.1, -0.05) is 0 Å². The number of hydrogen-bond donors (Lipinski definition) is 4. The molecule has 2 aromatic heterocycles. The largest absolute Gasteiger partial charge is 0.343 e. The highest BCUT2D eigenvalue weighted by Crippen LogP contribution is 2.01. The van der Waals surface area contributed by atoms with Crippen molar-refractivity contribution in [3.8, 4) is 0 Å². The van der Waals surface area contributed by atoms with E-state index in [0.29, 0.717) is 17.1 Å². The van der Waals surface area contributed by atoms with Gasteiger partial charge in [-0.05, 0) is 0 Å². The summed E-state index contributed by atoms with van der Waals surface area (Å²) in [6.07, 6.45) is 1.42. The number of rotatable bonds is 2. The third-order valence-corrected chi connectivity index (χ3v) is 1.57. The predicted molar refractivity (Wildman–Crippen MR) is 47.2 cm³/mol. The first-order valence-electron chi connectivity index (χ1n) is 3.68. The number of anilines is 1. The Morgan fingerprint density at radius 2 is 2.46 bits per heavy atom. The van der Waals surface area contributed by atoms with Crippen LogP contribution in [0.2, 0.25) is 0 Å². The zero-order chi connectivity index (χ0) is 9.26. The molecule has 0 saturated carbocycles. The zero-order valence-corrected chi connectivity index (χ0v) is 6.66. The Hall–Kier alpha value is -1.89. The number of fused-ring (bicyclic) bond motifs is 1. The van der Waals surface area contributed by atoms with Gasteiger partial charge in [-0.15, -0.1) is 0 Å². The molecule has 0 saturated heterocycles. The molecule has 0 aliphatic heterocycles. The minimum atomic E-state index is -0.265. The quantitative estimate of drug-likeness (QED) is 0.441. The average molecular weight is 180 g/mol. The molecule has 0 aliphatic carbocycles. The first-order chi connectivity index (χ1) is 6.31. The molecule has 0 aromatic carbocycles. The second kappa shape index (κ2) is 2.87. The third-order valence-electron chi connectivity index (χ3n) is 1.57. The van der Waals surface area contributed by atoms with Crippen LogP contribution in [-0.4, -0.2) is 26.6 Å². The van der Waals surface area contributed by atoms with Crippen LogP contribution in [-0.2, 0) is 0 Å². The number of nitrogens with two attached hydrogens (primary N) is 1. The Labute approximate surface area is 72.4 Å². The van der Waals surface area contributed by atoms with Crippen molar-refractivity contribution in [2.75, 3.05) is 12.0 Å². The smallest absolute Gasteiger partial charge is 0.278 e.